The molecule has 0 fully saturated rings. The van der Waals surface area contributed by atoms with Crippen LogP contribution in [0.15, 0.2) is 59.5 Å². The molecule has 0 aliphatic carbocycles. The smallest absolute Gasteiger partial charge is 0.207 e. The van der Waals surface area contributed by atoms with Crippen LogP contribution in [-0.4, -0.2) is 8.42 Å². The molecule has 124 valence electrons. The highest BCUT2D eigenvalue weighted by atomic mass is 32.2. The third-order valence-corrected chi connectivity index (χ3v) is 4.94. The number of sulfonamides is 1. The van der Waals surface area contributed by atoms with Gasteiger partial charge in [-0.15, -0.1) is 0 Å². The van der Waals surface area contributed by atoms with Crippen LogP contribution in [-0.2, 0) is 16.6 Å². The van der Waals surface area contributed by atoms with Crippen LogP contribution in [0.25, 0.3) is 10.8 Å². The van der Waals surface area contributed by atoms with E-state index in [9.17, 15) is 21.6 Å². The summed E-state index contributed by atoms with van der Waals surface area (Å²) in [5.41, 5.74) is -0.0178. The average Bonchev–Trinajstić information content (AvgIpc) is 2.57. The molecule has 7 heteroatoms. The first-order valence-corrected chi connectivity index (χ1v) is 8.47. The largest absolute Gasteiger partial charge is 0.240 e. The number of hydrogen-bond acceptors (Lipinski definition) is 2. The summed E-state index contributed by atoms with van der Waals surface area (Å²) in [4.78, 5) is 0.0317. The van der Waals surface area contributed by atoms with Crippen molar-refractivity contribution in [1.29, 1.82) is 0 Å². The maximum absolute atomic E-state index is 13.2. The Hall–Kier alpha value is -2.38. The fourth-order valence-corrected chi connectivity index (χ4v) is 3.36. The molecule has 0 atom stereocenters. The van der Waals surface area contributed by atoms with Gasteiger partial charge in [0.2, 0.25) is 10.0 Å². The molecule has 0 amide bonds. The Bertz CT molecular complexity index is 996. The topological polar surface area (TPSA) is 46.2 Å². The molecule has 0 aliphatic heterocycles. The van der Waals surface area contributed by atoms with Gasteiger partial charge < -0.3 is 0 Å². The lowest BCUT2D eigenvalue weighted by Crippen LogP contribution is -2.23. The molecule has 1 N–H and O–H groups in total. The first kappa shape index (κ1) is 16.5. The van der Waals surface area contributed by atoms with Crippen molar-refractivity contribution in [3.63, 3.8) is 0 Å². The summed E-state index contributed by atoms with van der Waals surface area (Å²) in [5.74, 6) is -4.32. The van der Waals surface area contributed by atoms with Crippen LogP contribution in [0.1, 0.15) is 5.56 Å². The molecule has 3 rings (SSSR count). The maximum atomic E-state index is 13.2. The van der Waals surface area contributed by atoms with E-state index in [1.807, 2.05) is 12.1 Å². The van der Waals surface area contributed by atoms with Gasteiger partial charge in [-0.05, 0) is 40.6 Å². The fourth-order valence-electron chi connectivity index (χ4n) is 2.31. The summed E-state index contributed by atoms with van der Waals surface area (Å²) in [7, 11) is -3.87. The van der Waals surface area contributed by atoms with E-state index in [0.717, 1.165) is 22.9 Å². The lowest BCUT2D eigenvalue weighted by molar-refractivity contribution is 0.445. The van der Waals surface area contributed by atoms with Crippen molar-refractivity contribution in [2.75, 3.05) is 0 Å². The highest BCUT2D eigenvalue weighted by Gasteiger charge is 2.16. The number of hydrogen-bond donors (Lipinski definition) is 1. The van der Waals surface area contributed by atoms with Gasteiger partial charge in [0.25, 0.3) is 0 Å². The third kappa shape index (κ3) is 3.27. The highest BCUT2D eigenvalue weighted by Crippen LogP contribution is 2.19. The van der Waals surface area contributed by atoms with Crippen LogP contribution >= 0.6 is 0 Å². The van der Waals surface area contributed by atoms with Crippen LogP contribution < -0.4 is 4.72 Å². The minimum absolute atomic E-state index is 0.0178. The molecule has 3 aromatic rings. The van der Waals surface area contributed by atoms with E-state index >= 15 is 0 Å². The van der Waals surface area contributed by atoms with Crippen molar-refractivity contribution >= 4 is 20.8 Å². The normalized spacial score (nSPS) is 11.8. The molecular formula is C17H12F3NO2S. The van der Waals surface area contributed by atoms with Gasteiger partial charge >= 0.3 is 0 Å². The SMILES string of the molecule is O=S(=O)(NCc1cc(F)c(F)c(F)c1)c1ccc2ccccc2c1. The molecule has 0 aromatic heterocycles. The number of rotatable bonds is 4. The van der Waals surface area contributed by atoms with Gasteiger partial charge in [-0.25, -0.2) is 26.3 Å². The Labute approximate surface area is 136 Å². The van der Waals surface area contributed by atoms with Crippen molar-refractivity contribution in [1.82, 2.24) is 4.72 Å². The molecular weight excluding hydrogens is 339 g/mol. The van der Waals surface area contributed by atoms with Gasteiger partial charge in [0, 0.05) is 6.54 Å². The number of nitrogens with one attached hydrogen (secondary N) is 1. The zero-order chi connectivity index (χ0) is 17.3. The monoisotopic (exact) mass is 351 g/mol. The molecule has 0 bridgehead atoms. The minimum atomic E-state index is -3.87. The van der Waals surface area contributed by atoms with Crippen molar-refractivity contribution in [2.45, 2.75) is 11.4 Å². The van der Waals surface area contributed by atoms with E-state index in [0.29, 0.717) is 0 Å². The molecule has 0 saturated heterocycles. The quantitative estimate of drug-likeness (QED) is 0.728. The maximum Gasteiger partial charge on any atom is 0.240 e. The Morgan fingerprint density at radius 1 is 0.833 bits per heavy atom. The van der Waals surface area contributed by atoms with Crippen molar-refractivity contribution in [3.05, 3.63) is 77.6 Å². The van der Waals surface area contributed by atoms with Crippen LogP contribution in [0.2, 0.25) is 0 Å². The number of fused-ring (bicyclic) bond motifs is 1. The summed E-state index contributed by atoms with van der Waals surface area (Å²) < 4.78 is 66.1. The molecule has 0 radical (unpaired) electrons. The van der Waals surface area contributed by atoms with Crippen molar-refractivity contribution in [2.24, 2.45) is 0 Å². The zero-order valence-corrected chi connectivity index (χ0v) is 13.1. The van der Waals surface area contributed by atoms with Crippen LogP contribution in [0, 0.1) is 17.5 Å². The van der Waals surface area contributed by atoms with E-state index in [-0.39, 0.29) is 17.0 Å². The molecule has 0 spiro atoms. The van der Waals surface area contributed by atoms with Gasteiger partial charge in [0.1, 0.15) is 0 Å². The van der Waals surface area contributed by atoms with Crippen LogP contribution in [0.4, 0.5) is 13.2 Å². The first-order valence-electron chi connectivity index (χ1n) is 6.99. The molecule has 0 aliphatic rings. The van der Waals surface area contributed by atoms with E-state index < -0.39 is 27.5 Å². The van der Waals surface area contributed by atoms with E-state index in [1.54, 1.807) is 18.2 Å². The molecule has 0 saturated carbocycles. The zero-order valence-electron chi connectivity index (χ0n) is 12.3. The number of benzene rings is 3. The summed E-state index contributed by atoms with van der Waals surface area (Å²) in [6, 6.07) is 13.4. The van der Waals surface area contributed by atoms with Gasteiger partial charge in [-0.2, -0.15) is 0 Å². The lowest BCUT2D eigenvalue weighted by Gasteiger charge is -2.08. The van der Waals surface area contributed by atoms with Crippen molar-refractivity contribution < 1.29 is 21.6 Å². The predicted molar refractivity (Wildman–Crippen MR) is 84.3 cm³/mol. The van der Waals surface area contributed by atoms with E-state index in [2.05, 4.69) is 4.72 Å². The van der Waals surface area contributed by atoms with Crippen LogP contribution in [0.5, 0.6) is 0 Å². The van der Waals surface area contributed by atoms with Crippen LogP contribution in [0.3, 0.4) is 0 Å². The standard InChI is InChI=1S/C17H12F3NO2S/c18-15-7-11(8-16(19)17(15)20)10-21-24(22,23)14-6-5-12-3-1-2-4-13(12)9-14/h1-9,21H,10H2. The fraction of sp³-hybridized carbons (Fsp3) is 0.0588. The Morgan fingerprint density at radius 3 is 2.12 bits per heavy atom. The predicted octanol–water partition coefficient (Wildman–Crippen LogP) is 3.74. The summed E-state index contributed by atoms with van der Waals surface area (Å²) in [5, 5.41) is 1.64. The first-order chi connectivity index (χ1) is 11.4. The van der Waals surface area contributed by atoms with Crippen molar-refractivity contribution in [3.8, 4) is 0 Å². The molecule has 0 heterocycles. The van der Waals surface area contributed by atoms with Gasteiger partial charge in [0.15, 0.2) is 17.5 Å². The summed E-state index contributed by atoms with van der Waals surface area (Å²) in [6.07, 6.45) is 0. The van der Waals surface area contributed by atoms with E-state index in [1.165, 1.54) is 12.1 Å². The van der Waals surface area contributed by atoms with Gasteiger partial charge in [0.05, 0.1) is 4.90 Å². The highest BCUT2D eigenvalue weighted by molar-refractivity contribution is 7.89. The second-order valence-electron chi connectivity index (χ2n) is 5.21. The molecule has 24 heavy (non-hydrogen) atoms. The second kappa shape index (κ2) is 6.26. The Morgan fingerprint density at radius 2 is 1.46 bits per heavy atom. The number of halogens is 3. The summed E-state index contributed by atoms with van der Waals surface area (Å²) >= 11 is 0. The Balaban J connectivity index is 1.85. The molecule has 3 nitrogen and oxygen atoms in total. The molecule has 3 aromatic carbocycles. The Kier molecular flexibility index (Phi) is 4.29. The molecule has 0 unspecified atom stereocenters. The van der Waals surface area contributed by atoms with Gasteiger partial charge in [-0.3, -0.25) is 0 Å². The lowest BCUT2D eigenvalue weighted by atomic mass is 10.1. The van der Waals surface area contributed by atoms with Gasteiger partial charge in [-0.1, -0.05) is 30.3 Å². The third-order valence-electron chi connectivity index (χ3n) is 3.54. The second-order valence-corrected chi connectivity index (χ2v) is 6.97. The summed E-state index contributed by atoms with van der Waals surface area (Å²) in [6.45, 7) is -0.358. The van der Waals surface area contributed by atoms with E-state index in [4.69, 9.17) is 0 Å². The minimum Gasteiger partial charge on any atom is -0.207 e. The average molecular weight is 351 g/mol.